The van der Waals surface area contributed by atoms with E-state index in [1.165, 1.54) is 78.2 Å². The Bertz CT molecular complexity index is 157. The van der Waals surface area contributed by atoms with Crippen LogP contribution in [0.25, 0.3) is 0 Å². The molecule has 108 valence electrons. The Morgan fingerprint density at radius 3 is 1.06 bits per heavy atom. The molecule has 3 nitrogen and oxygen atoms in total. The summed E-state index contributed by atoms with van der Waals surface area (Å²) in [5, 5.41) is 0. The van der Waals surface area contributed by atoms with Gasteiger partial charge < -0.3 is 0 Å². The third-order valence-electron chi connectivity index (χ3n) is 3.68. The third-order valence-corrected chi connectivity index (χ3v) is 3.68. The maximum atomic E-state index is 2.62. The summed E-state index contributed by atoms with van der Waals surface area (Å²) in [5.74, 6) is 0. The second-order valence-electron chi connectivity index (χ2n) is 5.67. The number of nitrogens with zero attached hydrogens (tertiary/aromatic N) is 3. The molecule has 0 saturated carbocycles. The predicted molar refractivity (Wildman–Crippen MR) is 79.4 cm³/mol. The molecule has 1 fully saturated rings. The van der Waals surface area contributed by atoms with Gasteiger partial charge in [-0.15, -0.1) is 0 Å². The van der Waals surface area contributed by atoms with Gasteiger partial charge in [0, 0.05) is 19.6 Å². The molecular formula is C15H33N3. The van der Waals surface area contributed by atoms with E-state index in [4.69, 9.17) is 0 Å². The summed E-state index contributed by atoms with van der Waals surface area (Å²) in [5.41, 5.74) is 0. The topological polar surface area (TPSA) is 9.72 Å². The van der Waals surface area contributed by atoms with Gasteiger partial charge >= 0.3 is 0 Å². The smallest absolute Gasteiger partial charge is 0.0529 e. The van der Waals surface area contributed by atoms with Gasteiger partial charge in [-0.05, 0) is 19.3 Å². The van der Waals surface area contributed by atoms with Crippen LogP contribution in [0.5, 0.6) is 0 Å². The molecule has 1 aliphatic rings. The molecule has 0 radical (unpaired) electrons. The van der Waals surface area contributed by atoms with Crippen molar-refractivity contribution in [1.82, 2.24) is 14.7 Å². The molecule has 0 amide bonds. The van der Waals surface area contributed by atoms with Gasteiger partial charge in [0.1, 0.15) is 0 Å². The first-order valence-corrected chi connectivity index (χ1v) is 7.97. The number of rotatable bonds is 9. The van der Waals surface area contributed by atoms with Crippen molar-refractivity contribution in [2.45, 2.75) is 59.3 Å². The summed E-state index contributed by atoms with van der Waals surface area (Å²) in [7, 11) is 0. The molecule has 0 spiro atoms. The third kappa shape index (κ3) is 6.17. The number of hydrogen-bond acceptors (Lipinski definition) is 3. The zero-order valence-corrected chi connectivity index (χ0v) is 12.8. The van der Waals surface area contributed by atoms with Crippen LogP contribution in [0.2, 0.25) is 0 Å². The molecule has 0 aromatic carbocycles. The molecule has 0 aromatic heterocycles. The van der Waals surface area contributed by atoms with Crippen molar-refractivity contribution in [3.8, 4) is 0 Å². The number of hydrogen-bond donors (Lipinski definition) is 0. The van der Waals surface area contributed by atoms with Crippen LogP contribution in [-0.2, 0) is 0 Å². The summed E-state index contributed by atoms with van der Waals surface area (Å²) in [6.07, 6.45) is 7.93. The van der Waals surface area contributed by atoms with Crippen LogP contribution in [0, 0.1) is 0 Å². The van der Waals surface area contributed by atoms with Crippen LogP contribution in [0.4, 0.5) is 0 Å². The fraction of sp³-hybridized carbons (Fsp3) is 1.00. The largest absolute Gasteiger partial charge is 0.277 e. The Labute approximate surface area is 114 Å². The molecule has 1 heterocycles. The van der Waals surface area contributed by atoms with E-state index in [0.29, 0.717) is 0 Å². The molecule has 1 saturated heterocycles. The molecule has 0 aliphatic carbocycles. The first-order chi connectivity index (χ1) is 8.80. The average Bonchev–Trinajstić information content (AvgIpc) is 2.40. The molecule has 1 aliphatic heterocycles. The van der Waals surface area contributed by atoms with Crippen LogP contribution in [-0.4, -0.2) is 54.3 Å². The van der Waals surface area contributed by atoms with Crippen molar-refractivity contribution in [3.63, 3.8) is 0 Å². The van der Waals surface area contributed by atoms with E-state index in [0.717, 1.165) is 0 Å². The highest BCUT2D eigenvalue weighted by molar-refractivity contribution is 4.69. The summed E-state index contributed by atoms with van der Waals surface area (Å²) in [4.78, 5) is 7.87. The highest BCUT2D eigenvalue weighted by Gasteiger charge is 2.21. The zero-order valence-electron chi connectivity index (χ0n) is 12.8. The minimum absolute atomic E-state index is 1.18. The monoisotopic (exact) mass is 255 g/mol. The normalized spacial score (nSPS) is 19.5. The Kier molecular flexibility index (Phi) is 8.64. The van der Waals surface area contributed by atoms with Gasteiger partial charge in [0.2, 0.25) is 0 Å². The fourth-order valence-electron chi connectivity index (χ4n) is 2.55. The van der Waals surface area contributed by atoms with E-state index in [1.54, 1.807) is 0 Å². The molecule has 0 N–H and O–H groups in total. The second kappa shape index (κ2) is 9.76. The molecule has 0 aromatic rings. The van der Waals surface area contributed by atoms with Gasteiger partial charge in [-0.2, -0.15) is 0 Å². The van der Waals surface area contributed by atoms with Gasteiger partial charge in [0.05, 0.1) is 20.0 Å². The molecule has 18 heavy (non-hydrogen) atoms. The van der Waals surface area contributed by atoms with E-state index in [-0.39, 0.29) is 0 Å². The van der Waals surface area contributed by atoms with Crippen molar-refractivity contribution in [3.05, 3.63) is 0 Å². The van der Waals surface area contributed by atoms with E-state index in [1.807, 2.05) is 0 Å². The minimum atomic E-state index is 1.18. The van der Waals surface area contributed by atoms with E-state index in [2.05, 4.69) is 35.5 Å². The second-order valence-corrected chi connectivity index (χ2v) is 5.67. The van der Waals surface area contributed by atoms with E-state index in [9.17, 15) is 0 Å². The van der Waals surface area contributed by atoms with Crippen molar-refractivity contribution < 1.29 is 0 Å². The van der Waals surface area contributed by atoms with Gasteiger partial charge in [0.25, 0.3) is 0 Å². The lowest BCUT2D eigenvalue weighted by molar-refractivity contribution is -0.0306. The van der Waals surface area contributed by atoms with Crippen molar-refractivity contribution in [2.75, 3.05) is 39.6 Å². The summed E-state index contributed by atoms with van der Waals surface area (Å²) >= 11 is 0. The van der Waals surface area contributed by atoms with Crippen LogP contribution >= 0.6 is 0 Å². The number of unbranched alkanes of at least 4 members (excludes halogenated alkanes) is 3. The standard InChI is InChI=1S/C15H33N3/c1-4-7-10-16-13-17(11-8-5-2)15-18(14-16)12-9-6-3/h4-15H2,1-3H3. The van der Waals surface area contributed by atoms with Crippen molar-refractivity contribution in [2.24, 2.45) is 0 Å². The Balaban J connectivity index is 2.38. The minimum Gasteiger partial charge on any atom is -0.277 e. The molecule has 0 atom stereocenters. The van der Waals surface area contributed by atoms with Crippen LogP contribution < -0.4 is 0 Å². The van der Waals surface area contributed by atoms with Gasteiger partial charge in [0.15, 0.2) is 0 Å². The lowest BCUT2D eigenvalue weighted by Crippen LogP contribution is -2.55. The van der Waals surface area contributed by atoms with Crippen LogP contribution in [0.3, 0.4) is 0 Å². The Morgan fingerprint density at radius 2 is 0.833 bits per heavy atom. The maximum absolute atomic E-state index is 2.62. The van der Waals surface area contributed by atoms with Crippen molar-refractivity contribution >= 4 is 0 Å². The Morgan fingerprint density at radius 1 is 0.556 bits per heavy atom. The highest BCUT2D eigenvalue weighted by atomic mass is 15.5. The molecular weight excluding hydrogens is 222 g/mol. The van der Waals surface area contributed by atoms with Crippen LogP contribution in [0.1, 0.15) is 59.3 Å². The molecule has 0 bridgehead atoms. The maximum Gasteiger partial charge on any atom is 0.0529 e. The van der Waals surface area contributed by atoms with Crippen LogP contribution in [0.15, 0.2) is 0 Å². The van der Waals surface area contributed by atoms with Gasteiger partial charge in [-0.25, -0.2) is 0 Å². The summed E-state index contributed by atoms with van der Waals surface area (Å²) < 4.78 is 0. The summed E-state index contributed by atoms with van der Waals surface area (Å²) in [6.45, 7) is 14.2. The summed E-state index contributed by atoms with van der Waals surface area (Å²) in [6, 6.07) is 0. The predicted octanol–water partition coefficient (Wildman–Crippen LogP) is 3.18. The SMILES string of the molecule is CCCCN1CN(CCCC)CN(CCCC)C1. The van der Waals surface area contributed by atoms with E-state index >= 15 is 0 Å². The molecule has 0 unspecified atom stereocenters. The van der Waals surface area contributed by atoms with Gasteiger partial charge in [-0.1, -0.05) is 40.0 Å². The van der Waals surface area contributed by atoms with Crippen molar-refractivity contribution in [1.29, 1.82) is 0 Å². The lowest BCUT2D eigenvalue weighted by atomic mass is 10.3. The zero-order chi connectivity index (χ0) is 13.2. The fourth-order valence-corrected chi connectivity index (χ4v) is 2.55. The average molecular weight is 255 g/mol. The molecule has 3 heteroatoms. The Hall–Kier alpha value is -0.120. The van der Waals surface area contributed by atoms with Gasteiger partial charge in [-0.3, -0.25) is 14.7 Å². The molecule has 1 rings (SSSR count). The van der Waals surface area contributed by atoms with E-state index < -0.39 is 0 Å². The first kappa shape index (κ1) is 15.9. The lowest BCUT2D eigenvalue weighted by Gasteiger charge is -2.42. The quantitative estimate of drug-likeness (QED) is 0.626. The first-order valence-electron chi connectivity index (χ1n) is 7.97. The highest BCUT2D eigenvalue weighted by Crippen LogP contribution is 2.10.